The van der Waals surface area contributed by atoms with Crippen LogP contribution in [0, 0.1) is 6.92 Å². The molecule has 1 amide bonds. The summed E-state index contributed by atoms with van der Waals surface area (Å²) in [6.45, 7) is 1.91. The molecule has 158 valence electrons. The average Bonchev–Trinajstić information content (AvgIpc) is 3.23. The summed E-state index contributed by atoms with van der Waals surface area (Å²) in [4.78, 5) is 30.2. The van der Waals surface area contributed by atoms with Crippen molar-refractivity contribution < 1.29 is 4.79 Å². The number of aromatic nitrogens is 4. The molecule has 0 spiro atoms. The van der Waals surface area contributed by atoms with E-state index in [1.807, 2.05) is 31.2 Å². The topological polar surface area (TPSA) is 119 Å². The molecular weight excluding hydrogens is 446 g/mol. The van der Waals surface area contributed by atoms with Gasteiger partial charge in [0.15, 0.2) is 0 Å². The van der Waals surface area contributed by atoms with Gasteiger partial charge in [0.1, 0.15) is 24.3 Å². The van der Waals surface area contributed by atoms with E-state index in [1.165, 1.54) is 24.0 Å². The van der Waals surface area contributed by atoms with Gasteiger partial charge in [0, 0.05) is 21.5 Å². The first-order valence-electron chi connectivity index (χ1n) is 9.57. The number of carbonyl (C=O) groups is 1. The van der Waals surface area contributed by atoms with Crippen LogP contribution in [0.15, 0.2) is 54.4 Å². The normalized spacial score (nSPS) is 11.1. The maximum absolute atomic E-state index is 13.1. The Bertz CT molecular complexity index is 1480. The Morgan fingerprint density at radius 2 is 1.75 bits per heavy atom. The Labute approximate surface area is 191 Å². The van der Waals surface area contributed by atoms with Crippen molar-refractivity contribution in [1.29, 1.82) is 0 Å². The zero-order chi connectivity index (χ0) is 22.2. The fraction of sp³-hybridized carbons (Fsp3) is 0.0455. The van der Waals surface area contributed by atoms with Crippen molar-refractivity contribution in [3.05, 3.63) is 70.6 Å². The van der Waals surface area contributed by atoms with Gasteiger partial charge in [-0.1, -0.05) is 17.7 Å². The van der Waals surface area contributed by atoms with Crippen LogP contribution < -0.4 is 16.4 Å². The number of rotatable bonds is 4. The molecule has 5 aromatic rings. The first kappa shape index (κ1) is 20.1. The highest BCUT2D eigenvalue weighted by atomic mass is 35.5. The first-order valence-corrected chi connectivity index (χ1v) is 10.8. The van der Waals surface area contributed by atoms with E-state index in [2.05, 4.69) is 30.6 Å². The Kier molecular flexibility index (Phi) is 5.04. The van der Waals surface area contributed by atoms with E-state index >= 15 is 0 Å². The van der Waals surface area contributed by atoms with E-state index in [1.54, 1.807) is 17.5 Å². The lowest BCUT2D eigenvalue weighted by Gasteiger charge is -2.14. The lowest BCUT2D eigenvalue weighted by atomic mass is 10.1. The van der Waals surface area contributed by atoms with Crippen LogP contribution in [0.3, 0.4) is 0 Å². The molecule has 4 N–H and O–H groups in total. The second kappa shape index (κ2) is 8.03. The van der Waals surface area contributed by atoms with E-state index in [0.717, 1.165) is 16.6 Å². The summed E-state index contributed by atoms with van der Waals surface area (Å²) in [6.07, 6.45) is 2.82. The molecule has 0 radical (unpaired) electrons. The minimum absolute atomic E-state index is 0.296. The lowest BCUT2D eigenvalue weighted by Crippen LogP contribution is -2.13. The lowest BCUT2D eigenvalue weighted by molar-refractivity contribution is 0.102. The van der Waals surface area contributed by atoms with Gasteiger partial charge in [-0.25, -0.2) is 19.9 Å². The number of fused-ring (bicyclic) bond motifs is 2. The van der Waals surface area contributed by atoms with E-state index in [4.69, 9.17) is 17.3 Å². The number of thiophene rings is 1. The summed E-state index contributed by atoms with van der Waals surface area (Å²) in [7, 11) is 0. The van der Waals surface area contributed by atoms with E-state index in [-0.39, 0.29) is 5.91 Å². The van der Waals surface area contributed by atoms with Crippen LogP contribution in [0.25, 0.3) is 21.1 Å². The molecule has 3 aromatic heterocycles. The highest BCUT2D eigenvalue weighted by molar-refractivity contribution is 7.18. The molecule has 8 nitrogen and oxygen atoms in total. The number of nitrogens with one attached hydrogen (secondary N) is 2. The van der Waals surface area contributed by atoms with Crippen molar-refractivity contribution in [3.63, 3.8) is 0 Å². The van der Waals surface area contributed by atoms with Gasteiger partial charge in [-0.3, -0.25) is 4.79 Å². The predicted molar refractivity (Wildman–Crippen MR) is 129 cm³/mol. The molecule has 0 aliphatic heterocycles. The smallest absolute Gasteiger partial charge is 0.258 e. The van der Waals surface area contributed by atoms with Crippen molar-refractivity contribution in [1.82, 2.24) is 19.9 Å². The van der Waals surface area contributed by atoms with Crippen LogP contribution in [0.2, 0.25) is 5.02 Å². The zero-order valence-corrected chi connectivity index (χ0v) is 18.3. The van der Waals surface area contributed by atoms with Crippen molar-refractivity contribution >= 4 is 73.0 Å². The highest BCUT2D eigenvalue weighted by Gasteiger charge is 2.18. The number of halogens is 1. The summed E-state index contributed by atoms with van der Waals surface area (Å²) in [5, 5.41) is 9.43. The molecule has 10 heteroatoms. The zero-order valence-electron chi connectivity index (χ0n) is 16.8. The maximum atomic E-state index is 13.1. The molecule has 0 saturated heterocycles. The average molecular weight is 462 g/mol. The van der Waals surface area contributed by atoms with Gasteiger partial charge >= 0.3 is 0 Å². The minimum atomic E-state index is -0.296. The Morgan fingerprint density at radius 1 is 1.00 bits per heavy atom. The molecule has 0 aliphatic carbocycles. The number of anilines is 4. The molecule has 2 aromatic carbocycles. The van der Waals surface area contributed by atoms with Crippen molar-refractivity contribution in [2.24, 2.45) is 0 Å². The van der Waals surface area contributed by atoms with Gasteiger partial charge in [-0.15, -0.1) is 11.3 Å². The number of nitrogen functional groups attached to an aromatic ring is 1. The van der Waals surface area contributed by atoms with Gasteiger partial charge in [-0.05, 0) is 42.8 Å². The molecule has 3 heterocycles. The third kappa shape index (κ3) is 3.57. The molecule has 0 bridgehead atoms. The number of carbonyl (C=O) groups excluding carboxylic acids is 1. The van der Waals surface area contributed by atoms with E-state index in [0.29, 0.717) is 43.6 Å². The number of benzene rings is 2. The summed E-state index contributed by atoms with van der Waals surface area (Å²) in [6, 6.07) is 11.2. The number of nitrogens with zero attached hydrogens (tertiary/aromatic N) is 4. The van der Waals surface area contributed by atoms with Crippen LogP contribution in [-0.4, -0.2) is 25.8 Å². The standard InChI is InChI=1S/C22H16ClN7OS/c1-11-2-7-14-17(25-10-28-21(14)29-13-5-3-12(23)4-6-13)16(11)30-22(31)15-8-32-19-18(15)26-9-27-20(19)24/h2-10H,1H3,(H,30,31)(H2,24,26,27)(H,25,28,29). The maximum Gasteiger partial charge on any atom is 0.258 e. The molecule has 32 heavy (non-hydrogen) atoms. The van der Waals surface area contributed by atoms with Gasteiger partial charge in [-0.2, -0.15) is 0 Å². The van der Waals surface area contributed by atoms with Gasteiger partial charge in [0.05, 0.1) is 27.0 Å². The fourth-order valence-electron chi connectivity index (χ4n) is 3.37. The molecule has 0 atom stereocenters. The van der Waals surface area contributed by atoms with Gasteiger partial charge in [0.2, 0.25) is 0 Å². The molecule has 5 rings (SSSR count). The first-order chi connectivity index (χ1) is 15.5. The Morgan fingerprint density at radius 3 is 2.56 bits per heavy atom. The van der Waals surface area contributed by atoms with Crippen LogP contribution in [0.4, 0.5) is 23.0 Å². The molecule has 0 saturated carbocycles. The van der Waals surface area contributed by atoms with Crippen LogP contribution in [-0.2, 0) is 0 Å². The SMILES string of the molecule is Cc1ccc2c(Nc3ccc(Cl)cc3)ncnc2c1NC(=O)c1csc2c(N)ncnc12. The highest BCUT2D eigenvalue weighted by Crippen LogP contribution is 2.32. The summed E-state index contributed by atoms with van der Waals surface area (Å²) < 4.78 is 0.684. The second-order valence-electron chi connectivity index (χ2n) is 7.05. The molecule has 0 unspecified atom stereocenters. The Hall–Kier alpha value is -3.82. The number of aryl methyl sites for hydroxylation is 1. The van der Waals surface area contributed by atoms with Crippen molar-refractivity contribution in [2.45, 2.75) is 6.92 Å². The van der Waals surface area contributed by atoms with Crippen molar-refractivity contribution in [2.75, 3.05) is 16.4 Å². The van der Waals surface area contributed by atoms with E-state index < -0.39 is 0 Å². The Balaban J connectivity index is 1.53. The van der Waals surface area contributed by atoms with Crippen molar-refractivity contribution in [3.8, 4) is 0 Å². The third-order valence-corrected chi connectivity index (χ3v) is 6.23. The monoisotopic (exact) mass is 461 g/mol. The third-order valence-electron chi connectivity index (χ3n) is 4.99. The molecule has 0 fully saturated rings. The second-order valence-corrected chi connectivity index (χ2v) is 8.36. The number of hydrogen-bond acceptors (Lipinski definition) is 8. The molecule has 0 aliphatic rings. The molecular formula is C22H16ClN7OS. The van der Waals surface area contributed by atoms with Crippen LogP contribution in [0.5, 0.6) is 0 Å². The van der Waals surface area contributed by atoms with E-state index in [9.17, 15) is 4.79 Å². The predicted octanol–water partition coefficient (Wildman–Crippen LogP) is 5.17. The summed E-state index contributed by atoms with van der Waals surface area (Å²) in [5.74, 6) is 0.677. The minimum Gasteiger partial charge on any atom is -0.382 e. The summed E-state index contributed by atoms with van der Waals surface area (Å²) in [5.41, 5.74) is 9.80. The quantitative estimate of drug-likeness (QED) is 0.337. The van der Waals surface area contributed by atoms with Crippen LogP contribution >= 0.6 is 22.9 Å². The van der Waals surface area contributed by atoms with Crippen LogP contribution in [0.1, 0.15) is 15.9 Å². The number of nitrogens with two attached hydrogens (primary N) is 1. The van der Waals surface area contributed by atoms with Gasteiger partial charge in [0.25, 0.3) is 5.91 Å². The summed E-state index contributed by atoms with van der Waals surface area (Å²) >= 11 is 7.31. The fourth-order valence-corrected chi connectivity index (χ4v) is 4.40. The number of hydrogen-bond donors (Lipinski definition) is 3. The van der Waals surface area contributed by atoms with Gasteiger partial charge < -0.3 is 16.4 Å². The number of amides is 1. The largest absolute Gasteiger partial charge is 0.382 e.